The Morgan fingerprint density at radius 1 is 1.36 bits per heavy atom. The molecule has 0 fully saturated rings. The van der Waals surface area contributed by atoms with Crippen LogP contribution in [0.25, 0.3) is 5.57 Å². The number of hydrogen-bond donors (Lipinski definition) is 1. The van der Waals surface area contributed by atoms with Gasteiger partial charge in [-0.25, -0.2) is 0 Å². The Kier molecular flexibility index (Phi) is 1.43. The van der Waals surface area contributed by atoms with Crippen LogP contribution >= 0.6 is 12.8 Å². The molecule has 2 heteroatoms. The van der Waals surface area contributed by atoms with E-state index in [2.05, 4.69) is 31.5 Å². The van der Waals surface area contributed by atoms with E-state index in [1.54, 1.807) is 0 Å². The van der Waals surface area contributed by atoms with E-state index in [1.165, 1.54) is 11.3 Å². The number of fused-ring (bicyclic) bond motifs is 1. The molecule has 1 aliphatic rings. The van der Waals surface area contributed by atoms with Gasteiger partial charge >= 0.3 is 0 Å². The Hall–Kier alpha value is -0.890. The molecule has 0 saturated heterocycles. The van der Waals surface area contributed by atoms with Crippen molar-refractivity contribution in [2.24, 2.45) is 0 Å². The summed E-state index contributed by atoms with van der Waals surface area (Å²) >= 11 is 4.30. The first-order valence-electron chi connectivity index (χ1n) is 3.52. The summed E-state index contributed by atoms with van der Waals surface area (Å²) in [4.78, 5) is 0. The van der Waals surface area contributed by atoms with Crippen LogP contribution in [0.3, 0.4) is 0 Å². The number of thiol groups is 1. The quantitative estimate of drug-likeness (QED) is 0.575. The van der Waals surface area contributed by atoms with E-state index >= 15 is 0 Å². The highest BCUT2D eigenvalue weighted by Gasteiger charge is 2.18. The minimum atomic E-state index is 0.836. The first-order chi connectivity index (χ1) is 5.29. The predicted octanol–water partition coefficient (Wildman–Crippen LogP) is 2.36. The third kappa shape index (κ3) is 0.942. The average molecular weight is 163 g/mol. The molecule has 1 nitrogen and oxygen atoms in total. The van der Waals surface area contributed by atoms with Crippen LogP contribution in [0, 0.1) is 0 Å². The third-order valence-electron chi connectivity index (χ3n) is 1.90. The molecule has 1 aliphatic heterocycles. The van der Waals surface area contributed by atoms with E-state index in [0.29, 0.717) is 0 Å². The van der Waals surface area contributed by atoms with Gasteiger partial charge in [0.15, 0.2) is 0 Å². The van der Waals surface area contributed by atoms with Crippen molar-refractivity contribution in [3.05, 3.63) is 36.4 Å². The van der Waals surface area contributed by atoms with Crippen molar-refractivity contribution >= 4 is 24.1 Å². The second-order valence-electron chi connectivity index (χ2n) is 2.68. The highest BCUT2D eigenvalue weighted by molar-refractivity contribution is 7.81. The summed E-state index contributed by atoms with van der Waals surface area (Å²) in [5, 5.41) is 0. The van der Waals surface area contributed by atoms with Crippen molar-refractivity contribution in [1.82, 2.24) is 0 Å². The summed E-state index contributed by atoms with van der Waals surface area (Å²) in [7, 11) is 0. The molecule has 0 saturated carbocycles. The molecule has 56 valence electrons. The molecule has 1 heterocycles. The standard InChI is InChI=1S/C9H9NS/c1-7-6-10(11)9-5-3-2-4-8(7)9/h2-5,11H,1,6H2. The van der Waals surface area contributed by atoms with Gasteiger partial charge in [0.25, 0.3) is 0 Å². The van der Waals surface area contributed by atoms with Crippen LogP contribution in [0.15, 0.2) is 30.8 Å². The summed E-state index contributed by atoms with van der Waals surface area (Å²) in [6, 6.07) is 8.17. The van der Waals surface area contributed by atoms with Crippen molar-refractivity contribution in [3.8, 4) is 0 Å². The molecule has 0 spiro atoms. The van der Waals surface area contributed by atoms with E-state index in [9.17, 15) is 0 Å². The Morgan fingerprint density at radius 2 is 2.09 bits per heavy atom. The molecule has 1 aromatic rings. The minimum Gasteiger partial charge on any atom is -0.314 e. The lowest BCUT2D eigenvalue weighted by Gasteiger charge is -2.07. The van der Waals surface area contributed by atoms with Gasteiger partial charge < -0.3 is 4.31 Å². The van der Waals surface area contributed by atoms with Crippen molar-refractivity contribution < 1.29 is 0 Å². The highest BCUT2D eigenvalue weighted by atomic mass is 32.1. The Balaban J connectivity index is 2.60. The van der Waals surface area contributed by atoms with Crippen LogP contribution in [0.2, 0.25) is 0 Å². The Bertz CT molecular complexity index is 306. The molecule has 0 atom stereocenters. The molecule has 1 aromatic carbocycles. The second-order valence-corrected chi connectivity index (χ2v) is 3.16. The van der Waals surface area contributed by atoms with E-state index in [1.807, 2.05) is 16.4 Å². The zero-order valence-corrected chi connectivity index (χ0v) is 7.01. The number of nitrogens with zero attached hydrogens (tertiary/aromatic N) is 1. The summed E-state index contributed by atoms with van der Waals surface area (Å²) in [6.07, 6.45) is 0. The molecule has 2 rings (SSSR count). The molecule has 0 amide bonds. The van der Waals surface area contributed by atoms with Gasteiger partial charge in [0.2, 0.25) is 0 Å². The monoisotopic (exact) mass is 163 g/mol. The number of hydrogen-bond acceptors (Lipinski definition) is 2. The molecular formula is C9H9NS. The van der Waals surface area contributed by atoms with E-state index in [4.69, 9.17) is 0 Å². The lowest BCUT2D eigenvalue weighted by molar-refractivity contribution is 1.31. The van der Waals surface area contributed by atoms with Gasteiger partial charge in [-0.2, -0.15) is 0 Å². The minimum absolute atomic E-state index is 0.836. The van der Waals surface area contributed by atoms with Gasteiger partial charge in [0, 0.05) is 5.56 Å². The molecule has 11 heavy (non-hydrogen) atoms. The lowest BCUT2D eigenvalue weighted by Crippen LogP contribution is -2.03. The summed E-state index contributed by atoms with van der Waals surface area (Å²) < 4.78 is 1.91. The van der Waals surface area contributed by atoms with Crippen LogP contribution in [0.1, 0.15) is 5.56 Å². The average Bonchev–Trinajstić information content (AvgIpc) is 2.30. The second kappa shape index (κ2) is 2.31. The molecule has 0 bridgehead atoms. The fraction of sp³-hybridized carbons (Fsp3) is 0.111. The predicted molar refractivity (Wildman–Crippen MR) is 51.8 cm³/mol. The van der Waals surface area contributed by atoms with Gasteiger partial charge in [-0.1, -0.05) is 37.6 Å². The summed E-state index contributed by atoms with van der Waals surface area (Å²) in [6.45, 7) is 4.79. The van der Waals surface area contributed by atoms with Crippen LogP contribution in [0.4, 0.5) is 5.69 Å². The van der Waals surface area contributed by atoms with Crippen molar-refractivity contribution in [1.29, 1.82) is 0 Å². The third-order valence-corrected chi connectivity index (χ3v) is 2.26. The first kappa shape index (κ1) is 6.80. The van der Waals surface area contributed by atoms with Crippen LogP contribution in [0.5, 0.6) is 0 Å². The maximum absolute atomic E-state index is 4.30. The molecule has 0 N–H and O–H groups in total. The highest BCUT2D eigenvalue weighted by Crippen LogP contribution is 2.34. The van der Waals surface area contributed by atoms with Gasteiger partial charge in [0.05, 0.1) is 12.2 Å². The molecule has 0 aromatic heterocycles. The van der Waals surface area contributed by atoms with Crippen molar-refractivity contribution in [3.63, 3.8) is 0 Å². The summed E-state index contributed by atoms with van der Waals surface area (Å²) in [5.74, 6) is 0. The molecule has 0 radical (unpaired) electrons. The lowest BCUT2D eigenvalue weighted by atomic mass is 10.1. The zero-order chi connectivity index (χ0) is 7.84. The van der Waals surface area contributed by atoms with Crippen LogP contribution < -0.4 is 4.31 Å². The maximum Gasteiger partial charge on any atom is 0.0547 e. The number of rotatable bonds is 0. The van der Waals surface area contributed by atoms with E-state index < -0.39 is 0 Å². The molecule has 0 aliphatic carbocycles. The van der Waals surface area contributed by atoms with Crippen LogP contribution in [-0.2, 0) is 0 Å². The zero-order valence-electron chi connectivity index (χ0n) is 6.12. The largest absolute Gasteiger partial charge is 0.314 e. The van der Waals surface area contributed by atoms with E-state index in [0.717, 1.165) is 12.1 Å². The molecule has 0 unspecified atom stereocenters. The smallest absolute Gasteiger partial charge is 0.0547 e. The number of benzene rings is 1. The van der Waals surface area contributed by atoms with Crippen LogP contribution in [-0.4, -0.2) is 6.54 Å². The van der Waals surface area contributed by atoms with Gasteiger partial charge in [-0.05, 0) is 11.6 Å². The fourth-order valence-electron chi connectivity index (χ4n) is 1.35. The van der Waals surface area contributed by atoms with Gasteiger partial charge in [-0.3, -0.25) is 0 Å². The fourth-order valence-corrected chi connectivity index (χ4v) is 1.69. The topological polar surface area (TPSA) is 3.24 Å². The normalized spacial score (nSPS) is 15.4. The van der Waals surface area contributed by atoms with Crippen molar-refractivity contribution in [2.45, 2.75) is 0 Å². The maximum atomic E-state index is 4.30. The number of anilines is 1. The Labute approximate surface area is 71.9 Å². The number of para-hydroxylation sites is 1. The summed E-state index contributed by atoms with van der Waals surface area (Å²) in [5.41, 5.74) is 3.54. The SMILES string of the molecule is C=C1CN(S)c2ccccc21. The van der Waals surface area contributed by atoms with E-state index in [-0.39, 0.29) is 0 Å². The first-order valence-corrected chi connectivity index (χ1v) is 3.92. The van der Waals surface area contributed by atoms with Gasteiger partial charge in [0.1, 0.15) is 0 Å². The van der Waals surface area contributed by atoms with Gasteiger partial charge in [-0.15, -0.1) is 0 Å². The Morgan fingerprint density at radius 3 is 2.82 bits per heavy atom. The molecular weight excluding hydrogens is 154 g/mol. The van der Waals surface area contributed by atoms with Crippen molar-refractivity contribution in [2.75, 3.05) is 10.8 Å².